The van der Waals surface area contributed by atoms with Crippen molar-refractivity contribution in [1.82, 2.24) is 4.90 Å². The molecule has 0 saturated heterocycles. The highest BCUT2D eigenvalue weighted by Crippen LogP contribution is 2.33. The number of primary amides is 1. The van der Waals surface area contributed by atoms with E-state index in [-0.39, 0.29) is 47.9 Å². The second-order valence-corrected chi connectivity index (χ2v) is 7.72. The van der Waals surface area contributed by atoms with Crippen molar-refractivity contribution in [2.24, 2.45) is 16.5 Å². The van der Waals surface area contributed by atoms with Crippen LogP contribution in [-0.4, -0.2) is 42.2 Å². The number of carbonyl (C=O) groups is 2. The number of aryl methyl sites for hydroxylation is 1. The quantitative estimate of drug-likeness (QED) is 0.450. The van der Waals surface area contributed by atoms with Gasteiger partial charge in [0.15, 0.2) is 0 Å². The van der Waals surface area contributed by atoms with E-state index in [9.17, 15) is 27.2 Å². The third kappa shape index (κ3) is 5.75. The van der Waals surface area contributed by atoms with Crippen LogP contribution in [0.5, 0.6) is 0 Å². The van der Waals surface area contributed by atoms with E-state index in [4.69, 9.17) is 16.7 Å². The van der Waals surface area contributed by atoms with Crippen LogP contribution < -0.4 is 16.8 Å². The molecule has 0 aliphatic carbocycles. The third-order valence-corrected chi connectivity index (χ3v) is 5.15. The fourth-order valence-corrected chi connectivity index (χ4v) is 3.57. The SMILES string of the molecule is Cc1cc(F)cc(C(N)=C(C(N)=O)C2=NCCN(C(=O)Nc3ccc(C#N)c(C(F)(F)F)c3)C2)c1. The Hall–Kier alpha value is -4.40. The minimum Gasteiger partial charge on any atom is -0.398 e. The number of benzene rings is 2. The lowest BCUT2D eigenvalue weighted by atomic mass is 9.99. The van der Waals surface area contributed by atoms with Crippen molar-refractivity contribution >= 4 is 29.0 Å². The number of aliphatic imine (C=N–C) groups is 1. The number of rotatable bonds is 4. The van der Waals surface area contributed by atoms with Gasteiger partial charge in [0.25, 0.3) is 5.91 Å². The molecule has 0 unspecified atom stereocenters. The van der Waals surface area contributed by atoms with E-state index >= 15 is 0 Å². The van der Waals surface area contributed by atoms with Gasteiger partial charge in [-0.1, -0.05) is 0 Å². The van der Waals surface area contributed by atoms with E-state index in [0.717, 1.165) is 12.1 Å². The number of urea groups is 1. The molecule has 0 aromatic heterocycles. The standard InChI is InChI=1S/C23H20F4N6O2/c1-12-6-14(8-15(24)7-12)20(29)19(21(30)34)18-11-33(5-4-31-18)22(35)32-16-3-2-13(10-28)17(9-16)23(25,26)27/h2-3,6-9H,4-5,11,29H2,1H3,(H2,30,34)(H,32,35). The summed E-state index contributed by atoms with van der Waals surface area (Å²) in [5.41, 5.74) is 10.2. The van der Waals surface area contributed by atoms with E-state index in [1.165, 1.54) is 23.1 Å². The van der Waals surface area contributed by atoms with Gasteiger partial charge in [0.1, 0.15) is 5.82 Å². The van der Waals surface area contributed by atoms with Crippen molar-refractivity contribution in [3.63, 3.8) is 0 Å². The van der Waals surface area contributed by atoms with Crippen molar-refractivity contribution in [2.75, 3.05) is 25.0 Å². The molecule has 2 aromatic carbocycles. The summed E-state index contributed by atoms with van der Waals surface area (Å²) in [6, 6.07) is 7.44. The van der Waals surface area contributed by atoms with Crippen molar-refractivity contribution in [3.05, 3.63) is 70.0 Å². The first-order valence-corrected chi connectivity index (χ1v) is 10.2. The van der Waals surface area contributed by atoms with E-state index in [1.807, 2.05) is 0 Å². The smallest absolute Gasteiger partial charge is 0.398 e. The minimum atomic E-state index is -4.79. The average Bonchev–Trinajstić information content (AvgIpc) is 2.78. The highest BCUT2D eigenvalue weighted by atomic mass is 19.4. The Morgan fingerprint density at radius 3 is 2.49 bits per heavy atom. The first-order chi connectivity index (χ1) is 16.4. The number of nitriles is 1. The molecule has 35 heavy (non-hydrogen) atoms. The second kappa shape index (κ2) is 9.84. The molecule has 8 nitrogen and oxygen atoms in total. The largest absolute Gasteiger partial charge is 0.417 e. The molecular formula is C23H20F4N6O2. The van der Waals surface area contributed by atoms with Gasteiger partial charge in [-0.15, -0.1) is 0 Å². The predicted molar refractivity (Wildman–Crippen MR) is 120 cm³/mol. The monoisotopic (exact) mass is 488 g/mol. The van der Waals surface area contributed by atoms with Gasteiger partial charge in [-0.05, 0) is 48.9 Å². The highest BCUT2D eigenvalue weighted by Gasteiger charge is 2.34. The lowest BCUT2D eigenvalue weighted by Crippen LogP contribution is -2.45. The number of nitrogens with zero attached hydrogens (tertiary/aromatic N) is 3. The van der Waals surface area contributed by atoms with Crippen LogP contribution in [0.4, 0.5) is 28.0 Å². The molecule has 3 amide bonds. The lowest BCUT2D eigenvalue weighted by Gasteiger charge is -2.28. The van der Waals surface area contributed by atoms with E-state index in [2.05, 4.69) is 10.3 Å². The number of nitrogens with two attached hydrogens (primary N) is 2. The summed E-state index contributed by atoms with van der Waals surface area (Å²) in [5.74, 6) is -1.51. The topological polar surface area (TPSA) is 138 Å². The van der Waals surface area contributed by atoms with Gasteiger partial charge in [-0.2, -0.15) is 18.4 Å². The number of carbonyl (C=O) groups excluding carboxylic acids is 2. The molecule has 0 atom stereocenters. The molecule has 182 valence electrons. The molecule has 0 saturated carbocycles. The summed E-state index contributed by atoms with van der Waals surface area (Å²) in [6.07, 6.45) is -4.79. The lowest BCUT2D eigenvalue weighted by molar-refractivity contribution is -0.137. The van der Waals surface area contributed by atoms with Crippen molar-refractivity contribution in [2.45, 2.75) is 13.1 Å². The van der Waals surface area contributed by atoms with Crippen LogP contribution in [0.25, 0.3) is 5.70 Å². The Bertz CT molecular complexity index is 1270. The first kappa shape index (κ1) is 25.2. The van der Waals surface area contributed by atoms with Crippen LogP contribution in [0.15, 0.2) is 47.0 Å². The molecule has 0 fully saturated rings. The predicted octanol–water partition coefficient (Wildman–Crippen LogP) is 3.17. The van der Waals surface area contributed by atoms with Crippen molar-refractivity contribution in [1.29, 1.82) is 5.26 Å². The van der Waals surface area contributed by atoms with Gasteiger partial charge in [-0.3, -0.25) is 9.79 Å². The molecule has 3 rings (SSSR count). The summed E-state index contributed by atoms with van der Waals surface area (Å²) < 4.78 is 53.5. The Morgan fingerprint density at radius 1 is 1.17 bits per heavy atom. The number of alkyl halides is 3. The fourth-order valence-electron chi connectivity index (χ4n) is 3.57. The van der Waals surface area contributed by atoms with Crippen LogP contribution in [-0.2, 0) is 11.0 Å². The van der Waals surface area contributed by atoms with Gasteiger partial charge >= 0.3 is 12.2 Å². The Balaban J connectivity index is 1.86. The third-order valence-electron chi connectivity index (χ3n) is 5.15. The summed E-state index contributed by atoms with van der Waals surface area (Å²) in [5, 5.41) is 11.3. The van der Waals surface area contributed by atoms with Gasteiger partial charge in [0.05, 0.1) is 47.3 Å². The fraction of sp³-hybridized carbons (Fsp3) is 0.217. The van der Waals surface area contributed by atoms with Crippen LogP contribution in [0, 0.1) is 24.1 Å². The Morgan fingerprint density at radius 2 is 1.89 bits per heavy atom. The number of hydrogen-bond donors (Lipinski definition) is 3. The molecule has 5 N–H and O–H groups in total. The maximum Gasteiger partial charge on any atom is 0.417 e. The second-order valence-electron chi connectivity index (χ2n) is 7.72. The number of anilines is 1. The average molecular weight is 488 g/mol. The number of nitrogens with one attached hydrogen (secondary N) is 1. The molecule has 1 aliphatic rings. The van der Waals surface area contributed by atoms with E-state index < -0.39 is 35.1 Å². The summed E-state index contributed by atoms with van der Waals surface area (Å²) in [7, 11) is 0. The molecule has 0 radical (unpaired) electrons. The highest BCUT2D eigenvalue weighted by molar-refractivity contribution is 6.27. The Labute approximate surface area is 197 Å². The van der Waals surface area contributed by atoms with Crippen LogP contribution >= 0.6 is 0 Å². The van der Waals surface area contributed by atoms with Crippen LogP contribution in [0.1, 0.15) is 22.3 Å². The number of halogens is 4. The molecule has 1 heterocycles. The molecule has 12 heteroatoms. The van der Waals surface area contributed by atoms with Gasteiger partial charge in [0.2, 0.25) is 0 Å². The maximum atomic E-state index is 13.8. The van der Waals surface area contributed by atoms with Gasteiger partial charge in [0, 0.05) is 17.8 Å². The zero-order valence-corrected chi connectivity index (χ0v) is 18.4. The van der Waals surface area contributed by atoms with Gasteiger partial charge in [-0.25, -0.2) is 9.18 Å². The van der Waals surface area contributed by atoms with Gasteiger partial charge < -0.3 is 21.7 Å². The molecule has 1 aliphatic heterocycles. The summed E-state index contributed by atoms with van der Waals surface area (Å²) in [4.78, 5) is 30.4. The van der Waals surface area contributed by atoms with Crippen LogP contribution in [0.3, 0.4) is 0 Å². The van der Waals surface area contributed by atoms with Crippen molar-refractivity contribution in [3.8, 4) is 6.07 Å². The molecule has 2 aromatic rings. The Kier molecular flexibility index (Phi) is 7.09. The summed E-state index contributed by atoms with van der Waals surface area (Å²) >= 11 is 0. The van der Waals surface area contributed by atoms with Crippen LogP contribution in [0.2, 0.25) is 0 Å². The molecule has 0 spiro atoms. The molecule has 0 bridgehead atoms. The van der Waals surface area contributed by atoms with E-state index in [0.29, 0.717) is 11.6 Å². The normalized spacial score (nSPS) is 14.5. The zero-order valence-electron chi connectivity index (χ0n) is 18.4. The maximum absolute atomic E-state index is 13.8. The van der Waals surface area contributed by atoms with Crippen molar-refractivity contribution < 1.29 is 27.2 Å². The van der Waals surface area contributed by atoms with E-state index in [1.54, 1.807) is 13.0 Å². The minimum absolute atomic E-state index is 0.0656. The molecular weight excluding hydrogens is 468 g/mol. The number of amides is 3. The zero-order chi connectivity index (χ0) is 25.9. The summed E-state index contributed by atoms with van der Waals surface area (Å²) in [6.45, 7) is 1.59. The first-order valence-electron chi connectivity index (χ1n) is 10.2. The number of hydrogen-bond acceptors (Lipinski definition) is 5.